The van der Waals surface area contributed by atoms with Crippen LogP contribution in [0.1, 0.15) is 70.4 Å². The van der Waals surface area contributed by atoms with Crippen LogP contribution in [0.3, 0.4) is 0 Å². The number of allylic oxidation sites excluding steroid dienone is 1. The summed E-state index contributed by atoms with van der Waals surface area (Å²) in [5.41, 5.74) is 9.61. The van der Waals surface area contributed by atoms with Crippen molar-refractivity contribution in [2.24, 2.45) is 5.92 Å². The average molecular weight is 431 g/mol. The van der Waals surface area contributed by atoms with Crippen LogP contribution in [-0.4, -0.2) is 42.8 Å². The molecule has 0 aromatic heterocycles. The van der Waals surface area contributed by atoms with E-state index < -0.39 is 5.97 Å². The minimum Gasteiger partial charge on any atom is -0.497 e. The maximum absolute atomic E-state index is 11.1. The van der Waals surface area contributed by atoms with Crippen molar-refractivity contribution < 1.29 is 19.4 Å². The first-order valence-electron chi connectivity index (χ1n) is 11.4. The normalized spacial score (nSPS) is 14.4. The van der Waals surface area contributed by atoms with E-state index in [9.17, 15) is 4.79 Å². The first kappa shape index (κ1) is 24.6. The third-order valence-electron chi connectivity index (χ3n) is 5.65. The van der Waals surface area contributed by atoms with Gasteiger partial charge < -0.3 is 25.2 Å². The lowest BCUT2D eigenvalue weighted by Crippen LogP contribution is -2.36. The molecule has 3 N–H and O–H groups in total. The molecule has 0 aliphatic carbocycles. The minimum atomic E-state index is -1.01. The summed E-state index contributed by atoms with van der Waals surface area (Å²) in [6.45, 7) is 9.05. The third-order valence-corrected chi connectivity index (χ3v) is 5.65. The summed E-state index contributed by atoms with van der Waals surface area (Å²) in [4.78, 5) is 13.5. The fourth-order valence-electron chi connectivity index (χ4n) is 4.27. The highest BCUT2D eigenvalue weighted by molar-refractivity contribution is 5.89. The Morgan fingerprint density at radius 3 is 2.55 bits per heavy atom. The number of methoxy groups -OCH3 is 1. The molecule has 1 aromatic carbocycles. The average Bonchev–Trinajstić information content (AvgIpc) is 2.74. The van der Waals surface area contributed by atoms with Crippen LogP contribution >= 0.6 is 0 Å². The van der Waals surface area contributed by atoms with Gasteiger partial charge in [0.25, 0.3) is 0 Å². The molecule has 1 aliphatic heterocycles. The van der Waals surface area contributed by atoms with Gasteiger partial charge in [-0.15, -0.1) is 0 Å². The van der Waals surface area contributed by atoms with Crippen molar-refractivity contribution in [3.8, 4) is 5.75 Å². The Morgan fingerprint density at radius 2 is 1.97 bits per heavy atom. The molecule has 31 heavy (non-hydrogen) atoms. The van der Waals surface area contributed by atoms with E-state index in [0.717, 1.165) is 49.0 Å². The standard InChI is InChI=1S/C25H38N2O4/c1-5-8-18(9-6-2)17-27-13-14-31-22(10-7-3)25(27)21-16-20(30-4)15-19(24(21)26)11-12-23(28)29/h11-12,15-16,18H,5-10,13-14,17,26H2,1-4H3,(H,28,29)/b12-11+. The van der Waals surface area contributed by atoms with E-state index >= 15 is 0 Å². The summed E-state index contributed by atoms with van der Waals surface area (Å²) < 4.78 is 11.6. The molecule has 1 heterocycles. The molecule has 0 unspecified atom stereocenters. The summed E-state index contributed by atoms with van der Waals surface area (Å²) in [5.74, 6) is 1.19. The number of hydrogen-bond acceptors (Lipinski definition) is 5. The number of nitrogens with zero attached hydrogens (tertiary/aromatic N) is 1. The number of anilines is 1. The summed E-state index contributed by atoms with van der Waals surface area (Å²) in [5, 5.41) is 9.07. The number of nitrogen functional groups attached to an aromatic ring is 1. The maximum atomic E-state index is 11.1. The fourth-order valence-corrected chi connectivity index (χ4v) is 4.27. The molecule has 1 aliphatic rings. The predicted molar refractivity (Wildman–Crippen MR) is 127 cm³/mol. The van der Waals surface area contributed by atoms with Crippen molar-refractivity contribution in [1.29, 1.82) is 0 Å². The second-order valence-electron chi connectivity index (χ2n) is 8.11. The Hall–Kier alpha value is -2.63. The molecule has 0 spiro atoms. The van der Waals surface area contributed by atoms with Crippen LogP contribution in [0.5, 0.6) is 5.75 Å². The zero-order chi connectivity index (χ0) is 22.8. The van der Waals surface area contributed by atoms with E-state index in [2.05, 4.69) is 25.7 Å². The first-order chi connectivity index (χ1) is 14.9. The van der Waals surface area contributed by atoms with Gasteiger partial charge in [0.1, 0.15) is 18.1 Å². The van der Waals surface area contributed by atoms with Crippen LogP contribution in [0, 0.1) is 5.92 Å². The molecule has 2 rings (SSSR count). The number of nitrogens with two attached hydrogens (primary N) is 1. The number of carboxylic acid groups (broad SMARTS) is 1. The zero-order valence-corrected chi connectivity index (χ0v) is 19.4. The topological polar surface area (TPSA) is 85.0 Å². The number of ether oxygens (including phenoxy) is 2. The lowest BCUT2D eigenvalue weighted by Gasteiger charge is -2.37. The molecule has 0 saturated carbocycles. The summed E-state index contributed by atoms with van der Waals surface area (Å²) in [6.07, 6.45) is 9.15. The van der Waals surface area contributed by atoms with Crippen LogP contribution in [0.4, 0.5) is 5.69 Å². The van der Waals surface area contributed by atoms with Gasteiger partial charge in [-0.3, -0.25) is 0 Å². The SMILES string of the molecule is CCCC1=C(c2cc(OC)cc(/C=C/C(=O)O)c2N)N(CC(CCC)CCC)CCO1. The monoisotopic (exact) mass is 430 g/mol. The van der Waals surface area contributed by atoms with Gasteiger partial charge in [0.2, 0.25) is 0 Å². The molecule has 1 aromatic rings. The molecular weight excluding hydrogens is 392 g/mol. The van der Waals surface area contributed by atoms with Gasteiger partial charge in [-0.2, -0.15) is 0 Å². The van der Waals surface area contributed by atoms with Crippen LogP contribution < -0.4 is 10.5 Å². The van der Waals surface area contributed by atoms with Crippen LogP contribution in [0.25, 0.3) is 11.8 Å². The Labute approximate surface area is 186 Å². The highest BCUT2D eigenvalue weighted by Gasteiger charge is 2.27. The highest BCUT2D eigenvalue weighted by Crippen LogP contribution is 2.38. The van der Waals surface area contributed by atoms with E-state index in [1.165, 1.54) is 31.8 Å². The number of benzene rings is 1. The summed E-state index contributed by atoms with van der Waals surface area (Å²) in [6, 6.07) is 3.71. The molecule has 172 valence electrons. The van der Waals surface area contributed by atoms with Crippen LogP contribution in [0.2, 0.25) is 0 Å². The Balaban J connectivity index is 2.59. The highest BCUT2D eigenvalue weighted by atomic mass is 16.5. The molecule has 0 fully saturated rings. The lowest BCUT2D eigenvalue weighted by molar-refractivity contribution is -0.131. The smallest absolute Gasteiger partial charge is 0.328 e. The van der Waals surface area contributed by atoms with Gasteiger partial charge in [-0.25, -0.2) is 4.79 Å². The van der Waals surface area contributed by atoms with Crippen molar-refractivity contribution in [1.82, 2.24) is 4.90 Å². The molecule has 6 heteroatoms. The summed E-state index contributed by atoms with van der Waals surface area (Å²) in [7, 11) is 1.61. The van der Waals surface area contributed by atoms with Crippen molar-refractivity contribution in [3.63, 3.8) is 0 Å². The fraction of sp³-hybridized carbons (Fsp3) is 0.560. The molecule has 0 atom stereocenters. The third kappa shape index (κ3) is 6.68. The molecular formula is C25H38N2O4. The van der Waals surface area contributed by atoms with Crippen molar-refractivity contribution in [2.45, 2.75) is 59.3 Å². The number of rotatable bonds is 12. The number of carbonyl (C=O) groups is 1. The second-order valence-corrected chi connectivity index (χ2v) is 8.11. The Bertz CT molecular complexity index is 795. The van der Waals surface area contributed by atoms with Gasteiger partial charge >= 0.3 is 5.97 Å². The van der Waals surface area contributed by atoms with E-state index in [4.69, 9.17) is 20.3 Å². The second kappa shape index (κ2) is 12.3. The molecule has 0 radical (unpaired) electrons. The first-order valence-corrected chi connectivity index (χ1v) is 11.4. The zero-order valence-electron chi connectivity index (χ0n) is 19.4. The van der Waals surface area contributed by atoms with E-state index in [0.29, 0.717) is 29.5 Å². The van der Waals surface area contributed by atoms with Crippen molar-refractivity contribution in [2.75, 3.05) is 32.5 Å². The van der Waals surface area contributed by atoms with Gasteiger partial charge in [0.15, 0.2) is 0 Å². The van der Waals surface area contributed by atoms with Crippen LogP contribution in [0.15, 0.2) is 24.0 Å². The van der Waals surface area contributed by atoms with Gasteiger partial charge in [-0.05, 0) is 43.4 Å². The maximum Gasteiger partial charge on any atom is 0.328 e. The molecule has 0 amide bonds. The summed E-state index contributed by atoms with van der Waals surface area (Å²) >= 11 is 0. The van der Waals surface area contributed by atoms with Crippen molar-refractivity contribution in [3.05, 3.63) is 35.1 Å². The predicted octanol–water partition coefficient (Wildman–Crippen LogP) is 5.39. The van der Waals surface area contributed by atoms with E-state index in [1.54, 1.807) is 13.2 Å². The largest absolute Gasteiger partial charge is 0.497 e. The van der Waals surface area contributed by atoms with Gasteiger partial charge in [0, 0.05) is 35.9 Å². The Kier molecular flexibility index (Phi) is 9.76. The lowest BCUT2D eigenvalue weighted by atomic mass is 9.95. The van der Waals surface area contributed by atoms with E-state index in [1.807, 2.05) is 6.07 Å². The van der Waals surface area contributed by atoms with Gasteiger partial charge in [0.05, 0.1) is 19.4 Å². The number of aliphatic carboxylic acids is 1. The quantitative estimate of drug-likeness (QED) is 0.341. The number of hydrogen-bond donors (Lipinski definition) is 2. The Morgan fingerprint density at radius 1 is 1.26 bits per heavy atom. The van der Waals surface area contributed by atoms with Crippen molar-refractivity contribution >= 4 is 23.4 Å². The molecule has 0 saturated heterocycles. The van der Waals surface area contributed by atoms with Crippen LogP contribution in [-0.2, 0) is 9.53 Å². The molecule has 6 nitrogen and oxygen atoms in total. The molecule has 0 bridgehead atoms. The minimum absolute atomic E-state index is 0.542. The van der Waals surface area contributed by atoms with Gasteiger partial charge in [-0.1, -0.05) is 33.6 Å². The van der Waals surface area contributed by atoms with E-state index in [-0.39, 0.29) is 0 Å². The number of carboxylic acids is 1.